The highest BCUT2D eigenvalue weighted by atomic mass is 32.1. The Balaban J connectivity index is 1.78. The number of thiophene rings is 1. The minimum Gasteiger partial charge on any atom is -0.492 e. The van der Waals surface area contributed by atoms with Gasteiger partial charge in [0, 0.05) is 17.0 Å². The number of carbonyl (C=O) groups is 1. The molecule has 1 aromatic carbocycles. The lowest BCUT2D eigenvalue weighted by atomic mass is 9.92. The Morgan fingerprint density at radius 2 is 1.96 bits per heavy atom. The molecule has 1 aliphatic rings. The highest BCUT2D eigenvalue weighted by Gasteiger charge is 2.24. The highest BCUT2D eigenvalue weighted by molar-refractivity contribution is 7.17. The molecule has 1 fully saturated rings. The van der Waals surface area contributed by atoms with Gasteiger partial charge in [-0.3, -0.25) is 4.79 Å². The van der Waals surface area contributed by atoms with Crippen molar-refractivity contribution in [3.8, 4) is 16.2 Å². The monoisotopic (exact) mass is 344 g/mol. The number of benzene rings is 1. The second-order valence-corrected chi connectivity index (χ2v) is 7.24. The second kappa shape index (κ2) is 7.81. The first-order valence-electron chi connectivity index (χ1n) is 8.56. The molecule has 128 valence electrons. The lowest BCUT2D eigenvalue weighted by Gasteiger charge is -2.26. The van der Waals surface area contributed by atoms with E-state index in [0.29, 0.717) is 17.2 Å². The van der Waals surface area contributed by atoms with Gasteiger partial charge < -0.3 is 15.8 Å². The lowest BCUT2D eigenvalue weighted by molar-refractivity contribution is 0.0926. The van der Waals surface area contributed by atoms with E-state index < -0.39 is 0 Å². The second-order valence-electron chi connectivity index (χ2n) is 6.19. The van der Waals surface area contributed by atoms with Gasteiger partial charge in [-0.1, -0.05) is 30.3 Å². The van der Waals surface area contributed by atoms with Gasteiger partial charge >= 0.3 is 0 Å². The normalized spacial score (nSPS) is 20.6. The van der Waals surface area contributed by atoms with E-state index in [2.05, 4.69) is 5.32 Å². The zero-order valence-corrected chi connectivity index (χ0v) is 14.8. The predicted octanol–water partition coefficient (Wildman–Crippen LogP) is 3.81. The quantitative estimate of drug-likeness (QED) is 0.867. The number of hydrogen-bond donors (Lipinski definition) is 2. The van der Waals surface area contributed by atoms with Gasteiger partial charge in [-0.25, -0.2) is 0 Å². The lowest BCUT2D eigenvalue weighted by Crippen LogP contribution is -2.40. The molecule has 24 heavy (non-hydrogen) atoms. The predicted molar refractivity (Wildman–Crippen MR) is 98.6 cm³/mol. The number of carbonyl (C=O) groups excluding carboxylic acids is 1. The largest absolute Gasteiger partial charge is 0.492 e. The van der Waals surface area contributed by atoms with Crippen LogP contribution in [0.5, 0.6) is 5.75 Å². The Hall–Kier alpha value is -1.85. The van der Waals surface area contributed by atoms with Crippen LogP contribution in [-0.2, 0) is 0 Å². The number of nitrogens with two attached hydrogens (primary N) is 1. The van der Waals surface area contributed by atoms with Crippen molar-refractivity contribution in [2.75, 3.05) is 6.61 Å². The van der Waals surface area contributed by atoms with E-state index in [9.17, 15) is 4.79 Å². The van der Waals surface area contributed by atoms with E-state index in [-0.39, 0.29) is 18.0 Å². The minimum absolute atomic E-state index is 0.0360. The van der Waals surface area contributed by atoms with Gasteiger partial charge in [-0.05, 0) is 44.2 Å². The zero-order valence-electron chi connectivity index (χ0n) is 14.0. The molecule has 0 saturated heterocycles. The Bertz CT molecular complexity index is 676. The van der Waals surface area contributed by atoms with E-state index in [0.717, 1.165) is 36.1 Å². The molecule has 1 aromatic heterocycles. The molecule has 0 aliphatic heterocycles. The Morgan fingerprint density at radius 3 is 2.62 bits per heavy atom. The first-order chi connectivity index (χ1) is 11.7. The molecule has 0 radical (unpaired) electrons. The van der Waals surface area contributed by atoms with Crippen LogP contribution in [-0.4, -0.2) is 24.6 Å². The topological polar surface area (TPSA) is 64.3 Å². The molecule has 5 heteroatoms. The average Bonchev–Trinajstić information content (AvgIpc) is 3.02. The molecular weight excluding hydrogens is 320 g/mol. The molecule has 0 atom stereocenters. The maximum atomic E-state index is 12.7. The van der Waals surface area contributed by atoms with Gasteiger partial charge in [-0.2, -0.15) is 0 Å². The van der Waals surface area contributed by atoms with Gasteiger partial charge in [0.1, 0.15) is 10.6 Å². The zero-order chi connectivity index (χ0) is 16.9. The first kappa shape index (κ1) is 17.0. The Morgan fingerprint density at radius 1 is 1.25 bits per heavy atom. The number of hydrogen-bond acceptors (Lipinski definition) is 4. The van der Waals surface area contributed by atoms with E-state index in [1.807, 2.05) is 43.3 Å². The maximum Gasteiger partial charge on any atom is 0.265 e. The van der Waals surface area contributed by atoms with Crippen LogP contribution >= 0.6 is 11.3 Å². The van der Waals surface area contributed by atoms with Crippen LogP contribution in [0.4, 0.5) is 0 Å². The number of rotatable bonds is 5. The molecule has 4 nitrogen and oxygen atoms in total. The summed E-state index contributed by atoms with van der Waals surface area (Å²) in [6.07, 6.45) is 3.85. The van der Waals surface area contributed by atoms with Crippen molar-refractivity contribution < 1.29 is 9.53 Å². The Kier molecular flexibility index (Phi) is 5.53. The molecule has 1 heterocycles. The molecule has 1 amide bonds. The van der Waals surface area contributed by atoms with E-state index in [1.54, 1.807) is 0 Å². The van der Waals surface area contributed by atoms with Crippen LogP contribution in [0.15, 0.2) is 36.4 Å². The summed E-state index contributed by atoms with van der Waals surface area (Å²) < 4.78 is 5.70. The summed E-state index contributed by atoms with van der Waals surface area (Å²) in [7, 11) is 0. The van der Waals surface area contributed by atoms with Gasteiger partial charge in [0.25, 0.3) is 5.91 Å². The highest BCUT2D eigenvalue weighted by Crippen LogP contribution is 2.36. The standard InChI is InChI=1S/C19H24N2O2S/c1-2-23-16-12-17(13-6-4-3-5-7-13)24-18(16)19(22)21-15-10-8-14(20)9-11-15/h3-7,12,14-15H,2,8-11,20H2,1H3,(H,21,22). The summed E-state index contributed by atoms with van der Waals surface area (Å²) in [4.78, 5) is 14.4. The van der Waals surface area contributed by atoms with Crippen LogP contribution < -0.4 is 15.8 Å². The van der Waals surface area contributed by atoms with Gasteiger partial charge in [-0.15, -0.1) is 11.3 Å². The first-order valence-corrected chi connectivity index (χ1v) is 9.37. The van der Waals surface area contributed by atoms with Crippen LogP contribution in [0.3, 0.4) is 0 Å². The van der Waals surface area contributed by atoms with Crippen molar-refractivity contribution in [1.82, 2.24) is 5.32 Å². The third-order valence-corrected chi connectivity index (χ3v) is 5.53. The van der Waals surface area contributed by atoms with Gasteiger partial charge in [0.15, 0.2) is 0 Å². The van der Waals surface area contributed by atoms with E-state index in [4.69, 9.17) is 10.5 Å². The van der Waals surface area contributed by atoms with Crippen molar-refractivity contribution in [1.29, 1.82) is 0 Å². The van der Waals surface area contributed by atoms with E-state index >= 15 is 0 Å². The SMILES string of the molecule is CCOc1cc(-c2ccccc2)sc1C(=O)NC1CCC(N)CC1. The van der Waals surface area contributed by atoms with Crippen molar-refractivity contribution in [2.45, 2.75) is 44.7 Å². The van der Waals surface area contributed by atoms with Gasteiger partial charge in [0.05, 0.1) is 6.61 Å². The molecule has 2 aromatic rings. The smallest absolute Gasteiger partial charge is 0.265 e. The average molecular weight is 344 g/mol. The third kappa shape index (κ3) is 3.97. The summed E-state index contributed by atoms with van der Waals surface area (Å²) in [6, 6.07) is 12.5. The fraction of sp³-hybridized carbons (Fsp3) is 0.421. The van der Waals surface area contributed by atoms with Crippen LogP contribution in [0.2, 0.25) is 0 Å². The van der Waals surface area contributed by atoms with Crippen molar-refractivity contribution in [3.63, 3.8) is 0 Å². The molecule has 0 bridgehead atoms. The summed E-state index contributed by atoms with van der Waals surface area (Å²) in [5.41, 5.74) is 7.04. The minimum atomic E-state index is -0.0360. The Labute approximate surface area is 147 Å². The molecular formula is C19H24N2O2S. The fourth-order valence-electron chi connectivity index (χ4n) is 3.05. The number of nitrogens with one attached hydrogen (secondary N) is 1. The molecule has 3 rings (SSSR count). The summed E-state index contributed by atoms with van der Waals surface area (Å²) >= 11 is 1.49. The summed E-state index contributed by atoms with van der Waals surface area (Å²) in [6.45, 7) is 2.48. The van der Waals surface area contributed by atoms with Crippen molar-refractivity contribution >= 4 is 17.2 Å². The van der Waals surface area contributed by atoms with Crippen LogP contribution in [0.25, 0.3) is 10.4 Å². The maximum absolute atomic E-state index is 12.7. The summed E-state index contributed by atoms with van der Waals surface area (Å²) in [5.74, 6) is 0.637. The molecule has 0 spiro atoms. The van der Waals surface area contributed by atoms with Crippen LogP contribution in [0.1, 0.15) is 42.3 Å². The molecule has 1 aliphatic carbocycles. The number of ether oxygens (including phenoxy) is 1. The molecule has 3 N–H and O–H groups in total. The molecule has 0 unspecified atom stereocenters. The van der Waals surface area contributed by atoms with Crippen molar-refractivity contribution in [3.05, 3.63) is 41.3 Å². The molecule has 1 saturated carbocycles. The number of amides is 1. The fourth-order valence-corrected chi connectivity index (χ4v) is 4.06. The summed E-state index contributed by atoms with van der Waals surface area (Å²) in [5, 5.41) is 3.16. The van der Waals surface area contributed by atoms with Crippen molar-refractivity contribution in [2.24, 2.45) is 5.73 Å². The third-order valence-electron chi connectivity index (χ3n) is 4.37. The van der Waals surface area contributed by atoms with Crippen LogP contribution in [0, 0.1) is 0 Å². The van der Waals surface area contributed by atoms with Gasteiger partial charge in [0.2, 0.25) is 0 Å². The van der Waals surface area contributed by atoms with E-state index in [1.165, 1.54) is 11.3 Å².